The van der Waals surface area contributed by atoms with E-state index < -0.39 is 11.1 Å². The molecule has 0 spiro atoms. The van der Waals surface area contributed by atoms with Gasteiger partial charge in [-0.2, -0.15) is 5.10 Å². The van der Waals surface area contributed by atoms with Crippen LogP contribution in [0.3, 0.4) is 0 Å². The van der Waals surface area contributed by atoms with Crippen molar-refractivity contribution in [3.63, 3.8) is 0 Å². The lowest BCUT2D eigenvalue weighted by molar-refractivity contribution is 0.0377. The van der Waals surface area contributed by atoms with Crippen LogP contribution in [0.25, 0.3) is 5.57 Å². The van der Waals surface area contributed by atoms with Crippen molar-refractivity contribution in [1.29, 1.82) is 5.41 Å². The third kappa shape index (κ3) is 5.19. The Bertz CT molecular complexity index is 1380. The number of alkyl carbamates (subject to hydrolysis) is 1. The van der Waals surface area contributed by atoms with E-state index >= 15 is 0 Å². The third-order valence-corrected chi connectivity index (χ3v) is 7.17. The molecule has 3 aromatic rings. The largest absolute Gasteiger partial charge is 0.444 e. The number of carbonyl (C=O) groups is 1. The number of amides is 1. The van der Waals surface area contributed by atoms with Gasteiger partial charge in [-0.25, -0.2) is 9.48 Å². The number of dihydropyridines is 1. The van der Waals surface area contributed by atoms with Crippen molar-refractivity contribution in [1.82, 2.24) is 15.1 Å². The standard InChI is InChI=1S/C31H35N5O2/c1-21-15-18-36(35-21)28-24(20-32)19-26(22-9-6-5-7-10-22)27(33-28)23-11-13-25(14-12-23)31(16-8-17-31)34-29(37)38-30(2,3)4/h5-7,9-15,18-20,24,28,32H,8,16-17H2,1-4H3,(H,34,37). The lowest BCUT2D eigenvalue weighted by Gasteiger charge is -2.43. The van der Waals surface area contributed by atoms with Crippen LogP contribution in [0.15, 0.2) is 77.9 Å². The van der Waals surface area contributed by atoms with Crippen LogP contribution in [0.1, 0.15) is 68.6 Å². The zero-order valence-corrected chi connectivity index (χ0v) is 22.4. The molecule has 196 valence electrons. The molecule has 1 aromatic heterocycles. The van der Waals surface area contributed by atoms with E-state index in [0.29, 0.717) is 0 Å². The lowest BCUT2D eigenvalue weighted by Crippen LogP contribution is -2.52. The number of nitrogens with one attached hydrogen (secondary N) is 2. The summed E-state index contributed by atoms with van der Waals surface area (Å²) in [5.74, 6) is -0.219. The van der Waals surface area contributed by atoms with Crippen molar-refractivity contribution in [2.45, 2.75) is 64.3 Å². The quantitative estimate of drug-likeness (QED) is 0.374. The molecule has 5 rings (SSSR count). The summed E-state index contributed by atoms with van der Waals surface area (Å²) >= 11 is 0. The summed E-state index contributed by atoms with van der Waals surface area (Å²) in [6, 6.07) is 20.5. The van der Waals surface area contributed by atoms with Crippen molar-refractivity contribution in [3.05, 3.63) is 95.3 Å². The molecule has 2 N–H and O–H groups in total. The number of benzene rings is 2. The minimum atomic E-state index is -0.545. The molecule has 1 fully saturated rings. The fraction of sp³-hybridized carbons (Fsp3) is 0.355. The van der Waals surface area contributed by atoms with E-state index in [1.807, 2.05) is 62.8 Å². The zero-order valence-electron chi connectivity index (χ0n) is 22.4. The minimum absolute atomic E-state index is 0.219. The monoisotopic (exact) mass is 509 g/mol. The van der Waals surface area contributed by atoms with Crippen LogP contribution in [-0.2, 0) is 10.3 Å². The maximum atomic E-state index is 12.6. The first kappa shape index (κ1) is 25.6. The van der Waals surface area contributed by atoms with Gasteiger partial charge in [-0.3, -0.25) is 4.99 Å². The second-order valence-corrected chi connectivity index (χ2v) is 11.2. The number of aryl methyl sites for hydroxylation is 1. The molecule has 2 unspecified atom stereocenters. The van der Waals surface area contributed by atoms with E-state index in [4.69, 9.17) is 15.1 Å². The maximum absolute atomic E-state index is 12.6. The number of hydrogen-bond acceptors (Lipinski definition) is 5. The lowest BCUT2D eigenvalue weighted by atomic mass is 9.71. The number of carbonyl (C=O) groups excluding carboxylic acids is 1. The number of rotatable bonds is 6. The fourth-order valence-electron chi connectivity index (χ4n) is 5.14. The molecule has 38 heavy (non-hydrogen) atoms. The average molecular weight is 510 g/mol. The SMILES string of the molecule is Cc1ccn(C2N=C(c3ccc(C4(NC(=O)OC(C)(C)C)CCC4)cc3)C(c3ccccc3)=CC2C=N)n1. The highest BCUT2D eigenvalue weighted by molar-refractivity contribution is 6.32. The van der Waals surface area contributed by atoms with Gasteiger partial charge in [0.05, 0.1) is 22.9 Å². The number of hydrogen-bond donors (Lipinski definition) is 2. The Morgan fingerprint density at radius 3 is 2.34 bits per heavy atom. The first-order valence-corrected chi connectivity index (χ1v) is 13.2. The number of aliphatic imine (C=N–C) groups is 1. The topological polar surface area (TPSA) is 92.4 Å². The van der Waals surface area contributed by atoms with Crippen molar-refractivity contribution in [3.8, 4) is 0 Å². The third-order valence-electron chi connectivity index (χ3n) is 7.17. The molecular weight excluding hydrogens is 474 g/mol. The molecule has 2 heterocycles. The highest BCUT2D eigenvalue weighted by atomic mass is 16.6. The summed E-state index contributed by atoms with van der Waals surface area (Å²) < 4.78 is 7.38. The molecule has 1 aliphatic carbocycles. The summed E-state index contributed by atoms with van der Waals surface area (Å²) in [5.41, 5.74) is 4.92. The van der Waals surface area contributed by atoms with Gasteiger partial charge in [0, 0.05) is 23.5 Å². The highest BCUT2D eigenvalue weighted by Crippen LogP contribution is 2.42. The Morgan fingerprint density at radius 1 is 1.08 bits per heavy atom. The van der Waals surface area contributed by atoms with Crippen molar-refractivity contribution < 1.29 is 9.53 Å². The highest BCUT2D eigenvalue weighted by Gasteiger charge is 2.41. The summed E-state index contributed by atoms with van der Waals surface area (Å²) in [5, 5.41) is 15.9. The van der Waals surface area contributed by atoms with E-state index in [1.54, 1.807) is 0 Å². The molecule has 1 saturated carbocycles. The molecule has 0 saturated heterocycles. The van der Waals surface area contributed by atoms with Gasteiger partial charge in [-0.05, 0) is 64.2 Å². The normalized spacial score (nSPS) is 20.5. The van der Waals surface area contributed by atoms with Gasteiger partial charge >= 0.3 is 6.09 Å². The molecule has 2 aliphatic rings. The zero-order chi connectivity index (χ0) is 26.9. The maximum Gasteiger partial charge on any atom is 0.408 e. The molecule has 0 bridgehead atoms. The smallest absolute Gasteiger partial charge is 0.408 e. The molecule has 1 aliphatic heterocycles. The van der Waals surface area contributed by atoms with Gasteiger partial charge < -0.3 is 15.5 Å². The van der Waals surface area contributed by atoms with E-state index in [1.165, 1.54) is 6.21 Å². The first-order chi connectivity index (χ1) is 18.2. The minimum Gasteiger partial charge on any atom is -0.444 e. The Morgan fingerprint density at radius 2 is 1.79 bits per heavy atom. The predicted molar refractivity (Wildman–Crippen MR) is 151 cm³/mol. The fourth-order valence-corrected chi connectivity index (χ4v) is 5.14. The van der Waals surface area contributed by atoms with Gasteiger partial charge in [0.25, 0.3) is 0 Å². The number of ether oxygens (including phenoxy) is 1. The first-order valence-electron chi connectivity index (χ1n) is 13.2. The van der Waals surface area contributed by atoms with Crippen LogP contribution in [-0.4, -0.2) is 33.4 Å². The summed E-state index contributed by atoms with van der Waals surface area (Å²) in [6.45, 7) is 7.57. The molecule has 7 heteroatoms. The molecule has 1 amide bonds. The van der Waals surface area contributed by atoms with E-state index in [-0.39, 0.29) is 18.2 Å². The molecule has 7 nitrogen and oxygen atoms in total. The Balaban J connectivity index is 1.50. The van der Waals surface area contributed by atoms with Gasteiger partial charge in [-0.1, -0.05) is 60.7 Å². The number of aromatic nitrogens is 2. The molecule has 2 atom stereocenters. The second-order valence-electron chi connectivity index (χ2n) is 11.2. The molecule has 0 radical (unpaired) electrons. The average Bonchev–Trinajstić information content (AvgIpc) is 3.31. The van der Waals surface area contributed by atoms with Gasteiger partial charge in [-0.15, -0.1) is 0 Å². The van der Waals surface area contributed by atoms with Crippen molar-refractivity contribution in [2.24, 2.45) is 10.9 Å². The van der Waals surface area contributed by atoms with Crippen molar-refractivity contribution >= 4 is 23.6 Å². The predicted octanol–water partition coefficient (Wildman–Crippen LogP) is 6.45. The van der Waals surface area contributed by atoms with E-state index in [9.17, 15) is 4.79 Å². The van der Waals surface area contributed by atoms with Crippen LogP contribution in [0.2, 0.25) is 0 Å². The molecular formula is C31H35N5O2. The van der Waals surface area contributed by atoms with Gasteiger partial charge in [0.15, 0.2) is 6.17 Å². The van der Waals surface area contributed by atoms with Crippen LogP contribution >= 0.6 is 0 Å². The second kappa shape index (κ2) is 10.0. The summed E-state index contributed by atoms with van der Waals surface area (Å²) in [7, 11) is 0. The van der Waals surface area contributed by atoms with E-state index in [2.05, 4.69) is 52.9 Å². The summed E-state index contributed by atoms with van der Waals surface area (Å²) in [6.07, 6.45) is 7.57. The summed E-state index contributed by atoms with van der Waals surface area (Å²) in [4.78, 5) is 17.8. The van der Waals surface area contributed by atoms with Gasteiger partial charge in [0.2, 0.25) is 0 Å². The van der Waals surface area contributed by atoms with Crippen molar-refractivity contribution in [2.75, 3.05) is 0 Å². The Kier molecular flexibility index (Phi) is 6.78. The Hall–Kier alpha value is -4.00. The molecule has 2 aromatic carbocycles. The Labute approximate surface area is 224 Å². The van der Waals surface area contributed by atoms with Crippen LogP contribution in [0.5, 0.6) is 0 Å². The number of allylic oxidation sites excluding steroid dienone is 1. The van der Waals surface area contributed by atoms with Crippen LogP contribution in [0.4, 0.5) is 4.79 Å². The van der Waals surface area contributed by atoms with E-state index in [0.717, 1.165) is 52.9 Å². The van der Waals surface area contributed by atoms with Gasteiger partial charge in [0.1, 0.15) is 5.60 Å². The number of nitrogens with zero attached hydrogens (tertiary/aromatic N) is 3. The van der Waals surface area contributed by atoms with Crippen LogP contribution in [0, 0.1) is 18.3 Å². The van der Waals surface area contributed by atoms with Crippen LogP contribution < -0.4 is 5.32 Å².